The van der Waals surface area contributed by atoms with E-state index in [4.69, 9.17) is 19.2 Å². The minimum Gasteiger partial charge on any atom is -0.387 e. The highest BCUT2D eigenvalue weighted by Gasteiger charge is 2.47. The molecule has 4 N–H and O–H groups in total. The molecule has 0 aliphatic carbocycles. The predicted octanol–water partition coefficient (Wildman–Crippen LogP) is 2.87. The van der Waals surface area contributed by atoms with Crippen LogP contribution in [-0.4, -0.2) is 84.2 Å². The number of nitrogens with one attached hydrogen (secondary N) is 2. The summed E-state index contributed by atoms with van der Waals surface area (Å²) in [5, 5.41) is 32.7. The molecule has 2 fully saturated rings. The number of likely N-dealkylation sites (tertiary alicyclic amines) is 1. The van der Waals surface area contributed by atoms with E-state index in [-0.39, 0.29) is 6.04 Å². The molecule has 0 bridgehead atoms. The topological polar surface area (TPSA) is 147 Å². The van der Waals surface area contributed by atoms with Gasteiger partial charge in [0.1, 0.15) is 18.3 Å². The normalized spacial score (nSPS) is 24.5. The average molecular weight is 529 g/mol. The highest BCUT2D eigenvalue weighted by atomic mass is 16.6. The van der Waals surface area contributed by atoms with Gasteiger partial charge in [-0.05, 0) is 45.2 Å². The Balaban J connectivity index is 1.42. The van der Waals surface area contributed by atoms with Gasteiger partial charge in [0.25, 0.3) is 0 Å². The molecule has 5 heterocycles. The fourth-order valence-corrected chi connectivity index (χ4v) is 5.23. The summed E-state index contributed by atoms with van der Waals surface area (Å²) in [4.78, 5) is 16.6. The number of rotatable bonds is 11. The Morgan fingerprint density at radius 3 is 2.58 bits per heavy atom. The van der Waals surface area contributed by atoms with Crippen molar-refractivity contribution in [2.24, 2.45) is 0 Å². The van der Waals surface area contributed by atoms with Crippen LogP contribution in [0.4, 0.5) is 11.8 Å². The van der Waals surface area contributed by atoms with E-state index in [9.17, 15) is 10.2 Å². The van der Waals surface area contributed by atoms with Gasteiger partial charge < -0.3 is 35.0 Å². The molecule has 0 saturated carbocycles. The van der Waals surface area contributed by atoms with Crippen molar-refractivity contribution >= 4 is 22.9 Å². The monoisotopic (exact) mass is 528 g/mol. The van der Waals surface area contributed by atoms with Crippen LogP contribution < -0.4 is 10.6 Å². The Morgan fingerprint density at radius 2 is 1.87 bits per heavy atom. The highest BCUT2D eigenvalue weighted by molar-refractivity contribution is 5.84. The van der Waals surface area contributed by atoms with Crippen LogP contribution in [0.1, 0.15) is 76.7 Å². The first-order chi connectivity index (χ1) is 18.5. The highest BCUT2D eigenvalue weighted by Crippen LogP contribution is 2.40. The molecule has 0 spiro atoms. The van der Waals surface area contributed by atoms with Crippen molar-refractivity contribution in [2.75, 3.05) is 36.8 Å². The second-order valence-electron chi connectivity index (χ2n) is 10.2. The van der Waals surface area contributed by atoms with Gasteiger partial charge in [0.15, 0.2) is 29.0 Å². The lowest BCUT2D eigenvalue weighted by Crippen LogP contribution is -2.34. The molecule has 2 aliphatic heterocycles. The van der Waals surface area contributed by atoms with Gasteiger partial charge in [0.2, 0.25) is 5.95 Å². The van der Waals surface area contributed by atoms with Gasteiger partial charge in [-0.25, -0.2) is 4.98 Å². The first-order valence-corrected chi connectivity index (χ1v) is 14.0. The lowest BCUT2D eigenvalue weighted by molar-refractivity contribution is -0.0434. The van der Waals surface area contributed by atoms with Crippen LogP contribution in [0.5, 0.6) is 0 Å². The molecule has 0 amide bonds. The summed E-state index contributed by atoms with van der Waals surface area (Å²) < 4.78 is 13.2. The zero-order valence-electron chi connectivity index (χ0n) is 22.5. The second kappa shape index (κ2) is 11.9. The van der Waals surface area contributed by atoms with Crippen molar-refractivity contribution in [1.29, 1.82) is 0 Å². The molecule has 5 rings (SSSR count). The summed E-state index contributed by atoms with van der Waals surface area (Å²) in [7, 11) is 0. The number of nitrogens with zero attached hydrogens (tertiary/aromatic N) is 6. The molecule has 0 aromatic carbocycles. The molecule has 4 atom stereocenters. The minimum absolute atomic E-state index is 0.234. The largest absolute Gasteiger partial charge is 0.387 e. The van der Waals surface area contributed by atoms with Gasteiger partial charge in [-0.2, -0.15) is 9.97 Å². The summed E-state index contributed by atoms with van der Waals surface area (Å²) in [6.45, 7) is 10.1. The number of aryl methyl sites for hydroxylation is 1. The average Bonchev–Trinajstić information content (AvgIpc) is 3.66. The Hall–Kier alpha value is -2.80. The third-order valence-corrected chi connectivity index (χ3v) is 7.64. The standard InChI is InChI=1S/C26H40N8O4/c1-4-16(5-2)29-23-19-24(31-26(30-23)27-10-13-33-11-8-7-9-12-33)34(15-28-19)25-21(36)20(35)22(37-25)18-14-17(6-3)32-38-18/h14-16,20-22,25,35-36H,4-13H2,1-3H3,(H2,27,29,30,31)/t20-,21+,22?,25+/m0/s1. The van der Waals surface area contributed by atoms with Crippen molar-refractivity contribution in [3.05, 3.63) is 23.8 Å². The van der Waals surface area contributed by atoms with Gasteiger partial charge in [0, 0.05) is 25.2 Å². The van der Waals surface area contributed by atoms with E-state index in [1.807, 2.05) is 6.92 Å². The lowest BCUT2D eigenvalue weighted by Gasteiger charge is -2.26. The van der Waals surface area contributed by atoms with Crippen LogP contribution in [0.2, 0.25) is 0 Å². The fraction of sp³-hybridized carbons (Fsp3) is 0.692. The molecule has 3 aromatic rings. The lowest BCUT2D eigenvalue weighted by atomic mass is 10.1. The number of fused-ring (bicyclic) bond motifs is 1. The number of aromatic nitrogens is 5. The third kappa shape index (κ3) is 5.49. The molecule has 2 saturated heterocycles. The van der Waals surface area contributed by atoms with Crippen LogP contribution in [0, 0.1) is 0 Å². The number of aliphatic hydroxyl groups is 2. The number of imidazole rings is 1. The zero-order valence-corrected chi connectivity index (χ0v) is 22.5. The summed E-state index contributed by atoms with van der Waals surface area (Å²) >= 11 is 0. The number of ether oxygens (including phenoxy) is 1. The molecule has 208 valence electrons. The maximum atomic E-state index is 11.0. The summed E-state index contributed by atoms with van der Waals surface area (Å²) in [5.74, 6) is 1.50. The summed E-state index contributed by atoms with van der Waals surface area (Å²) in [5.41, 5.74) is 1.85. The van der Waals surface area contributed by atoms with Crippen molar-refractivity contribution < 1.29 is 19.5 Å². The van der Waals surface area contributed by atoms with E-state index >= 15 is 0 Å². The summed E-state index contributed by atoms with van der Waals surface area (Å²) in [6.07, 6.45) is 3.78. The van der Waals surface area contributed by atoms with Crippen LogP contribution >= 0.6 is 0 Å². The van der Waals surface area contributed by atoms with Crippen LogP contribution in [0.15, 0.2) is 16.9 Å². The van der Waals surface area contributed by atoms with Gasteiger partial charge in [-0.15, -0.1) is 0 Å². The predicted molar refractivity (Wildman–Crippen MR) is 143 cm³/mol. The number of hydrogen-bond donors (Lipinski definition) is 4. The van der Waals surface area contributed by atoms with E-state index in [0.717, 1.165) is 44.7 Å². The minimum atomic E-state index is -1.21. The quantitative estimate of drug-likeness (QED) is 0.291. The first-order valence-electron chi connectivity index (χ1n) is 14.0. The van der Waals surface area contributed by atoms with Gasteiger partial charge in [-0.3, -0.25) is 4.57 Å². The van der Waals surface area contributed by atoms with E-state index < -0.39 is 24.5 Å². The molecule has 3 aromatic heterocycles. The molecule has 12 heteroatoms. The van der Waals surface area contributed by atoms with Gasteiger partial charge >= 0.3 is 0 Å². The molecule has 1 unspecified atom stereocenters. The molecule has 12 nitrogen and oxygen atoms in total. The number of hydrogen-bond acceptors (Lipinski definition) is 11. The van der Waals surface area contributed by atoms with Gasteiger partial charge in [0.05, 0.1) is 12.0 Å². The van der Waals surface area contributed by atoms with E-state index in [1.54, 1.807) is 17.0 Å². The van der Waals surface area contributed by atoms with E-state index in [1.165, 1.54) is 19.3 Å². The molecule has 0 radical (unpaired) electrons. The number of aliphatic hydroxyl groups excluding tert-OH is 2. The first kappa shape index (κ1) is 26.8. The number of piperidine rings is 1. The van der Waals surface area contributed by atoms with E-state index in [0.29, 0.717) is 35.1 Å². The van der Waals surface area contributed by atoms with Crippen molar-refractivity contribution in [1.82, 2.24) is 29.6 Å². The SMILES string of the molecule is CCc1cc(C2O[C@@H](n3cnc4c(NC(CC)CC)nc(NCCN5CCCCC5)nc43)[C@H](O)[C@@H]2O)on1. The Labute approximate surface area is 222 Å². The third-order valence-electron chi connectivity index (χ3n) is 7.64. The van der Waals surface area contributed by atoms with Crippen LogP contribution in [0.25, 0.3) is 11.2 Å². The summed E-state index contributed by atoms with van der Waals surface area (Å²) in [6, 6.07) is 1.98. The van der Waals surface area contributed by atoms with Gasteiger partial charge in [-0.1, -0.05) is 32.3 Å². The van der Waals surface area contributed by atoms with Crippen molar-refractivity contribution in [3.8, 4) is 0 Å². The van der Waals surface area contributed by atoms with E-state index in [2.05, 4.69) is 39.5 Å². The Kier molecular flexibility index (Phi) is 8.42. The molecule has 2 aliphatic rings. The molecular formula is C26H40N8O4. The molecular weight excluding hydrogens is 488 g/mol. The zero-order chi connectivity index (χ0) is 26.6. The maximum absolute atomic E-state index is 11.0. The fourth-order valence-electron chi connectivity index (χ4n) is 5.23. The Bertz CT molecular complexity index is 1190. The second-order valence-corrected chi connectivity index (χ2v) is 10.2. The number of anilines is 2. The smallest absolute Gasteiger partial charge is 0.226 e. The maximum Gasteiger partial charge on any atom is 0.226 e. The van der Waals surface area contributed by atoms with Crippen LogP contribution in [-0.2, 0) is 11.2 Å². The van der Waals surface area contributed by atoms with Crippen molar-refractivity contribution in [2.45, 2.75) is 89.9 Å². The van der Waals surface area contributed by atoms with Crippen LogP contribution in [0.3, 0.4) is 0 Å². The van der Waals surface area contributed by atoms with Crippen molar-refractivity contribution in [3.63, 3.8) is 0 Å². The Morgan fingerprint density at radius 1 is 1.08 bits per heavy atom. The molecule has 38 heavy (non-hydrogen) atoms.